The maximum atomic E-state index is 11.8. The van der Waals surface area contributed by atoms with Crippen LogP contribution in [-0.4, -0.2) is 49.4 Å². The van der Waals surface area contributed by atoms with Gasteiger partial charge in [-0.3, -0.25) is 9.59 Å². The SMILES string of the molecule is O=C(NCC(=O)N1CCNCC1)c1csc(I)c1. The van der Waals surface area contributed by atoms with Gasteiger partial charge in [0.15, 0.2) is 0 Å². The molecule has 2 rings (SSSR count). The first-order chi connectivity index (χ1) is 8.66. The first kappa shape index (κ1) is 13.8. The van der Waals surface area contributed by atoms with Gasteiger partial charge in [-0.2, -0.15) is 0 Å². The molecule has 5 nitrogen and oxygen atoms in total. The van der Waals surface area contributed by atoms with Crippen molar-refractivity contribution in [1.82, 2.24) is 15.5 Å². The second kappa shape index (κ2) is 6.48. The van der Waals surface area contributed by atoms with Gasteiger partial charge in [-0.15, -0.1) is 11.3 Å². The molecule has 98 valence electrons. The van der Waals surface area contributed by atoms with Crippen molar-refractivity contribution in [3.05, 3.63) is 19.9 Å². The van der Waals surface area contributed by atoms with Crippen molar-refractivity contribution >= 4 is 45.7 Å². The average Bonchev–Trinajstić information content (AvgIpc) is 2.83. The smallest absolute Gasteiger partial charge is 0.252 e. The normalized spacial score (nSPS) is 15.5. The van der Waals surface area contributed by atoms with Crippen LogP contribution in [0, 0.1) is 2.88 Å². The van der Waals surface area contributed by atoms with E-state index in [4.69, 9.17) is 0 Å². The van der Waals surface area contributed by atoms with Crippen LogP contribution < -0.4 is 10.6 Å². The molecule has 0 atom stereocenters. The van der Waals surface area contributed by atoms with Crippen LogP contribution in [0.3, 0.4) is 0 Å². The van der Waals surface area contributed by atoms with Crippen LogP contribution in [0.2, 0.25) is 0 Å². The molecule has 1 saturated heterocycles. The fraction of sp³-hybridized carbons (Fsp3) is 0.455. The van der Waals surface area contributed by atoms with Crippen LogP contribution >= 0.6 is 33.9 Å². The zero-order valence-corrected chi connectivity index (χ0v) is 12.7. The number of nitrogens with one attached hydrogen (secondary N) is 2. The molecule has 2 heterocycles. The average molecular weight is 379 g/mol. The summed E-state index contributed by atoms with van der Waals surface area (Å²) in [7, 11) is 0. The molecule has 0 aliphatic carbocycles. The lowest BCUT2D eigenvalue weighted by molar-refractivity contribution is -0.130. The molecule has 1 aromatic heterocycles. The molecule has 0 aromatic carbocycles. The van der Waals surface area contributed by atoms with E-state index in [1.54, 1.807) is 10.3 Å². The van der Waals surface area contributed by atoms with E-state index in [9.17, 15) is 9.59 Å². The van der Waals surface area contributed by atoms with Gasteiger partial charge in [0.25, 0.3) is 5.91 Å². The predicted octanol–water partition coefficient (Wildman–Crippen LogP) is 0.514. The molecule has 0 unspecified atom stereocenters. The summed E-state index contributed by atoms with van der Waals surface area (Å²) in [6, 6.07) is 1.82. The molecular weight excluding hydrogens is 365 g/mol. The standard InChI is InChI=1S/C11H14IN3O2S/c12-9-5-8(7-18-9)11(17)14-6-10(16)15-3-1-13-2-4-15/h5,7,13H,1-4,6H2,(H,14,17). The molecule has 1 aliphatic heterocycles. The van der Waals surface area contributed by atoms with E-state index in [1.807, 2.05) is 6.07 Å². The van der Waals surface area contributed by atoms with Crippen molar-refractivity contribution in [1.29, 1.82) is 0 Å². The minimum Gasteiger partial charge on any atom is -0.343 e. The number of piperazine rings is 1. The third kappa shape index (κ3) is 3.66. The van der Waals surface area contributed by atoms with Crippen molar-refractivity contribution in [3.63, 3.8) is 0 Å². The maximum absolute atomic E-state index is 11.8. The summed E-state index contributed by atoms with van der Waals surface area (Å²) in [6.45, 7) is 3.15. The third-order valence-corrected chi connectivity index (χ3v) is 4.49. The van der Waals surface area contributed by atoms with E-state index in [2.05, 4.69) is 33.2 Å². The molecule has 2 amide bonds. The Morgan fingerprint density at radius 1 is 1.44 bits per heavy atom. The fourth-order valence-electron chi connectivity index (χ4n) is 1.71. The zero-order valence-electron chi connectivity index (χ0n) is 9.74. The van der Waals surface area contributed by atoms with Crippen LogP contribution in [0.4, 0.5) is 0 Å². The third-order valence-electron chi connectivity index (χ3n) is 2.70. The van der Waals surface area contributed by atoms with Crippen LogP contribution in [0.25, 0.3) is 0 Å². The Balaban J connectivity index is 1.80. The summed E-state index contributed by atoms with van der Waals surface area (Å²) >= 11 is 3.68. The molecule has 0 bridgehead atoms. The Labute approximate surface area is 123 Å². The Morgan fingerprint density at radius 3 is 2.78 bits per heavy atom. The minimum atomic E-state index is -0.183. The first-order valence-corrected chi connectivity index (χ1v) is 7.63. The lowest BCUT2D eigenvalue weighted by Gasteiger charge is -2.27. The zero-order chi connectivity index (χ0) is 13.0. The highest BCUT2D eigenvalue weighted by atomic mass is 127. The lowest BCUT2D eigenvalue weighted by atomic mass is 10.3. The van der Waals surface area contributed by atoms with Gasteiger partial charge in [-0.1, -0.05) is 0 Å². The number of carbonyl (C=O) groups excluding carboxylic acids is 2. The molecular formula is C11H14IN3O2S. The molecule has 0 saturated carbocycles. The molecule has 0 spiro atoms. The molecule has 18 heavy (non-hydrogen) atoms. The van der Waals surface area contributed by atoms with Gasteiger partial charge in [0.1, 0.15) is 0 Å². The number of carbonyl (C=O) groups is 2. The van der Waals surface area contributed by atoms with Crippen LogP contribution in [0.15, 0.2) is 11.4 Å². The quantitative estimate of drug-likeness (QED) is 0.753. The van der Waals surface area contributed by atoms with Crippen molar-refractivity contribution in [2.75, 3.05) is 32.7 Å². The molecule has 1 aliphatic rings. The van der Waals surface area contributed by atoms with Crippen molar-refractivity contribution in [3.8, 4) is 0 Å². The van der Waals surface area contributed by atoms with Gasteiger partial charge < -0.3 is 15.5 Å². The molecule has 1 aromatic rings. The largest absolute Gasteiger partial charge is 0.343 e. The summed E-state index contributed by atoms with van der Waals surface area (Å²) in [5.41, 5.74) is 0.623. The number of hydrogen-bond acceptors (Lipinski definition) is 4. The van der Waals surface area contributed by atoms with Gasteiger partial charge in [0.2, 0.25) is 5.91 Å². The van der Waals surface area contributed by atoms with Crippen LogP contribution in [0.5, 0.6) is 0 Å². The number of amides is 2. The van der Waals surface area contributed by atoms with Gasteiger partial charge >= 0.3 is 0 Å². The summed E-state index contributed by atoms with van der Waals surface area (Å²) in [6.07, 6.45) is 0. The van der Waals surface area contributed by atoms with E-state index in [-0.39, 0.29) is 18.4 Å². The first-order valence-electron chi connectivity index (χ1n) is 5.67. The lowest BCUT2D eigenvalue weighted by Crippen LogP contribution is -2.49. The van der Waals surface area contributed by atoms with Crippen LogP contribution in [-0.2, 0) is 4.79 Å². The second-order valence-electron chi connectivity index (χ2n) is 3.95. The van der Waals surface area contributed by atoms with Crippen molar-refractivity contribution < 1.29 is 9.59 Å². The monoisotopic (exact) mass is 379 g/mol. The van der Waals surface area contributed by atoms with E-state index in [0.717, 1.165) is 16.0 Å². The number of thiophene rings is 1. The Morgan fingerprint density at radius 2 is 2.17 bits per heavy atom. The van der Waals surface area contributed by atoms with E-state index in [1.165, 1.54) is 11.3 Å². The topological polar surface area (TPSA) is 61.4 Å². The van der Waals surface area contributed by atoms with Crippen molar-refractivity contribution in [2.45, 2.75) is 0 Å². The second-order valence-corrected chi connectivity index (χ2v) is 6.76. The minimum absolute atomic E-state index is 0.0187. The van der Waals surface area contributed by atoms with Crippen molar-refractivity contribution in [2.24, 2.45) is 0 Å². The van der Waals surface area contributed by atoms with Gasteiger partial charge in [-0.25, -0.2) is 0 Å². The highest BCUT2D eigenvalue weighted by Crippen LogP contribution is 2.16. The Bertz CT molecular complexity index is 443. The molecule has 0 radical (unpaired) electrons. The van der Waals surface area contributed by atoms with Crippen LogP contribution in [0.1, 0.15) is 10.4 Å². The molecule has 7 heteroatoms. The van der Waals surface area contributed by atoms with Gasteiger partial charge in [0.05, 0.1) is 15.0 Å². The summed E-state index contributed by atoms with van der Waals surface area (Å²) in [4.78, 5) is 25.3. The highest BCUT2D eigenvalue weighted by Gasteiger charge is 2.17. The Hall–Kier alpha value is -0.670. The maximum Gasteiger partial charge on any atom is 0.252 e. The summed E-state index contributed by atoms with van der Waals surface area (Å²) in [5.74, 6) is -0.201. The Kier molecular flexibility index (Phi) is 4.95. The fourth-order valence-corrected chi connectivity index (χ4v) is 3.04. The molecule has 1 fully saturated rings. The summed E-state index contributed by atoms with van der Waals surface area (Å²) < 4.78 is 1.06. The van der Waals surface area contributed by atoms with E-state index < -0.39 is 0 Å². The molecule has 2 N–H and O–H groups in total. The predicted molar refractivity (Wildman–Crippen MR) is 78.8 cm³/mol. The number of hydrogen-bond donors (Lipinski definition) is 2. The van der Waals surface area contributed by atoms with Gasteiger partial charge in [-0.05, 0) is 28.7 Å². The number of nitrogens with zero attached hydrogens (tertiary/aromatic N) is 1. The summed E-state index contributed by atoms with van der Waals surface area (Å²) in [5, 5.41) is 7.64. The number of halogens is 1. The van der Waals surface area contributed by atoms with E-state index in [0.29, 0.717) is 18.7 Å². The van der Waals surface area contributed by atoms with Gasteiger partial charge in [0, 0.05) is 31.6 Å². The highest BCUT2D eigenvalue weighted by molar-refractivity contribution is 14.1. The number of rotatable bonds is 3. The van der Waals surface area contributed by atoms with E-state index >= 15 is 0 Å².